The van der Waals surface area contributed by atoms with Crippen LogP contribution in [0.2, 0.25) is 0 Å². The van der Waals surface area contributed by atoms with Crippen LogP contribution >= 0.6 is 0 Å². The highest BCUT2D eigenvalue weighted by molar-refractivity contribution is 7.89. The zero-order valence-electron chi connectivity index (χ0n) is 18.0. The van der Waals surface area contributed by atoms with Crippen LogP contribution in [0.1, 0.15) is 36.3 Å². The van der Waals surface area contributed by atoms with Crippen molar-refractivity contribution in [1.82, 2.24) is 19.2 Å². The van der Waals surface area contributed by atoms with Gasteiger partial charge in [-0.3, -0.25) is 4.79 Å². The second kappa shape index (κ2) is 8.43. The highest BCUT2D eigenvalue weighted by Crippen LogP contribution is 2.34. The first-order chi connectivity index (χ1) is 14.8. The maximum absolute atomic E-state index is 13.2. The van der Waals surface area contributed by atoms with E-state index < -0.39 is 10.0 Å². The van der Waals surface area contributed by atoms with Crippen molar-refractivity contribution in [1.29, 1.82) is 0 Å². The number of carbonyl (C=O) groups is 1. The topological polar surface area (TPSA) is 105 Å². The smallest absolute Gasteiger partial charge is 0.246 e. The van der Waals surface area contributed by atoms with E-state index >= 15 is 0 Å². The zero-order chi connectivity index (χ0) is 22.2. The van der Waals surface area contributed by atoms with Crippen LogP contribution in [0, 0.1) is 0 Å². The molecule has 0 saturated carbocycles. The summed E-state index contributed by atoms with van der Waals surface area (Å²) in [7, 11) is -0.411. The molecule has 1 aromatic carbocycles. The summed E-state index contributed by atoms with van der Waals surface area (Å²) in [6, 6.07) is 6.64. The van der Waals surface area contributed by atoms with Crippen molar-refractivity contribution < 1.29 is 17.9 Å². The molecule has 2 aliphatic heterocycles. The molecule has 1 fully saturated rings. The summed E-state index contributed by atoms with van der Waals surface area (Å²) in [6.07, 6.45) is 1.33. The van der Waals surface area contributed by atoms with Crippen molar-refractivity contribution in [3.63, 3.8) is 0 Å². The molecule has 0 radical (unpaired) electrons. The summed E-state index contributed by atoms with van der Waals surface area (Å²) in [6.45, 7) is 3.35. The Morgan fingerprint density at radius 1 is 1.23 bits per heavy atom. The van der Waals surface area contributed by atoms with E-state index in [1.807, 2.05) is 7.05 Å². The average Bonchev–Trinajstić information content (AvgIpc) is 3.29. The second-order valence-electron chi connectivity index (χ2n) is 7.80. The van der Waals surface area contributed by atoms with Crippen LogP contribution in [0.25, 0.3) is 0 Å². The molecule has 0 spiro atoms. The SMILES string of the molecule is CNc1nc([C@H]2CCN(S(=O)(=O)c3ccccc3OC)C2)nc2c1CCN(C(C)=O)C2. The van der Waals surface area contributed by atoms with Gasteiger partial charge in [0, 0.05) is 45.1 Å². The molecule has 10 heteroatoms. The van der Waals surface area contributed by atoms with Gasteiger partial charge in [-0.1, -0.05) is 12.1 Å². The first kappa shape index (κ1) is 21.5. The minimum absolute atomic E-state index is 0.0202. The summed E-state index contributed by atoms with van der Waals surface area (Å²) < 4.78 is 33.2. The molecular formula is C21H27N5O4S. The van der Waals surface area contributed by atoms with E-state index in [0.29, 0.717) is 50.6 Å². The minimum Gasteiger partial charge on any atom is -0.495 e. The fourth-order valence-electron chi connectivity index (χ4n) is 4.24. The van der Waals surface area contributed by atoms with Gasteiger partial charge in [-0.2, -0.15) is 4.31 Å². The Morgan fingerprint density at radius 3 is 2.71 bits per heavy atom. The fourth-order valence-corrected chi connectivity index (χ4v) is 5.89. The van der Waals surface area contributed by atoms with E-state index in [4.69, 9.17) is 14.7 Å². The highest BCUT2D eigenvalue weighted by Gasteiger charge is 2.36. The standard InChI is InChI=1S/C21H27N5O4S/c1-14(27)25-10-9-16-17(13-25)23-20(24-21(16)22-2)15-8-11-26(12-15)31(28,29)19-7-5-4-6-18(19)30-3/h4-7,15H,8-13H2,1-3H3,(H,22,23,24)/t15-/m0/s1. The number of methoxy groups -OCH3 is 1. The van der Waals surface area contributed by atoms with Crippen LogP contribution in [0.15, 0.2) is 29.2 Å². The quantitative estimate of drug-likeness (QED) is 0.745. The van der Waals surface area contributed by atoms with Crippen LogP contribution in [-0.2, 0) is 27.8 Å². The second-order valence-corrected chi connectivity index (χ2v) is 9.70. The largest absolute Gasteiger partial charge is 0.495 e. The molecule has 9 nitrogen and oxygen atoms in total. The molecule has 1 aromatic heterocycles. The molecule has 0 bridgehead atoms. The first-order valence-corrected chi connectivity index (χ1v) is 11.7. The van der Waals surface area contributed by atoms with Gasteiger partial charge < -0.3 is 15.0 Å². The lowest BCUT2D eigenvalue weighted by Gasteiger charge is -2.29. The molecular weight excluding hydrogens is 418 g/mol. The first-order valence-electron chi connectivity index (χ1n) is 10.3. The predicted molar refractivity (Wildman–Crippen MR) is 115 cm³/mol. The van der Waals surface area contributed by atoms with Gasteiger partial charge in [-0.25, -0.2) is 18.4 Å². The predicted octanol–water partition coefficient (Wildman–Crippen LogP) is 1.61. The number of hydrogen-bond acceptors (Lipinski definition) is 7. The third-order valence-corrected chi connectivity index (χ3v) is 7.87. The van der Waals surface area contributed by atoms with E-state index in [1.54, 1.807) is 36.1 Å². The number of nitrogens with one attached hydrogen (secondary N) is 1. The van der Waals surface area contributed by atoms with Gasteiger partial charge in [0.15, 0.2) is 0 Å². The molecule has 1 amide bonds. The molecule has 2 aliphatic rings. The van der Waals surface area contributed by atoms with Crippen molar-refractivity contribution in [2.75, 3.05) is 39.1 Å². The molecule has 1 saturated heterocycles. The van der Waals surface area contributed by atoms with E-state index in [-0.39, 0.29) is 16.7 Å². The summed E-state index contributed by atoms with van der Waals surface area (Å²) in [4.78, 5) is 23.2. The maximum atomic E-state index is 13.2. The zero-order valence-corrected chi connectivity index (χ0v) is 18.8. The molecule has 1 atom stereocenters. The number of anilines is 1. The van der Waals surface area contributed by atoms with Gasteiger partial charge in [-0.15, -0.1) is 0 Å². The van der Waals surface area contributed by atoms with Crippen molar-refractivity contribution in [3.05, 3.63) is 41.3 Å². The van der Waals surface area contributed by atoms with Crippen LogP contribution in [0.4, 0.5) is 5.82 Å². The molecule has 2 aromatic rings. The fraction of sp³-hybridized carbons (Fsp3) is 0.476. The minimum atomic E-state index is -3.69. The molecule has 31 heavy (non-hydrogen) atoms. The summed E-state index contributed by atoms with van der Waals surface area (Å²) in [5.41, 5.74) is 1.86. The van der Waals surface area contributed by atoms with E-state index in [1.165, 1.54) is 11.4 Å². The number of nitrogens with zero attached hydrogens (tertiary/aromatic N) is 4. The number of sulfonamides is 1. The van der Waals surface area contributed by atoms with Crippen LogP contribution in [-0.4, -0.2) is 67.3 Å². The Labute approximate surface area is 182 Å². The normalized spacial score (nSPS) is 19.2. The van der Waals surface area contributed by atoms with Crippen molar-refractivity contribution >= 4 is 21.7 Å². The molecule has 0 aliphatic carbocycles. The third kappa shape index (κ3) is 3.97. The van der Waals surface area contributed by atoms with Gasteiger partial charge in [0.1, 0.15) is 22.3 Å². The molecule has 0 unspecified atom stereocenters. The third-order valence-electron chi connectivity index (χ3n) is 5.97. The van der Waals surface area contributed by atoms with E-state index in [9.17, 15) is 13.2 Å². The average molecular weight is 446 g/mol. The van der Waals surface area contributed by atoms with Crippen molar-refractivity contribution in [3.8, 4) is 5.75 Å². The lowest BCUT2D eigenvalue weighted by Crippen LogP contribution is -2.35. The number of aromatic nitrogens is 2. The number of carbonyl (C=O) groups excluding carboxylic acids is 1. The Hall–Kier alpha value is -2.72. The van der Waals surface area contributed by atoms with Crippen molar-refractivity contribution in [2.45, 2.75) is 37.1 Å². The van der Waals surface area contributed by atoms with Gasteiger partial charge in [0.05, 0.1) is 19.3 Å². The monoisotopic (exact) mass is 445 g/mol. The summed E-state index contributed by atoms with van der Waals surface area (Å²) in [5, 5.41) is 3.14. The highest BCUT2D eigenvalue weighted by atomic mass is 32.2. The van der Waals surface area contributed by atoms with Crippen LogP contribution in [0.5, 0.6) is 5.75 Å². The number of para-hydroxylation sites is 1. The number of rotatable bonds is 5. The number of ether oxygens (including phenoxy) is 1. The summed E-state index contributed by atoms with van der Waals surface area (Å²) >= 11 is 0. The van der Waals surface area contributed by atoms with Gasteiger partial charge in [0.25, 0.3) is 0 Å². The lowest BCUT2D eigenvalue weighted by molar-refractivity contribution is -0.129. The molecule has 4 rings (SSSR count). The lowest BCUT2D eigenvalue weighted by atomic mass is 10.0. The Balaban J connectivity index is 1.61. The number of benzene rings is 1. The van der Waals surface area contributed by atoms with Gasteiger partial charge >= 0.3 is 0 Å². The number of fused-ring (bicyclic) bond motifs is 1. The maximum Gasteiger partial charge on any atom is 0.246 e. The molecule has 1 N–H and O–H groups in total. The van der Waals surface area contributed by atoms with Gasteiger partial charge in [0.2, 0.25) is 15.9 Å². The van der Waals surface area contributed by atoms with E-state index in [2.05, 4.69) is 5.32 Å². The Morgan fingerprint density at radius 2 is 2.00 bits per heavy atom. The van der Waals surface area contributed by atoms with E-state index in [0.717, 1.165) is 17.1 Å². The number of hydrogen-bond donors (Lipinski definition) is 1. The van der Waals surface area contributed by atoms with Gasteiger partial charge in [-0.05, 0) is 25.0 Å². The van der Waals surface area contributed by atoms with Crippen LogP contribution < -0.4 is 10.1 Å². The Bertz CT molecular complexity index is 1100. The van der Waals surface area contributed by atoms with Crippen molar-refractivity contribution in [2.24, 2.45) is 0 Å². The molecule has 166 valence electrons. The van der Waals surface area contributed by atoms with Crippen LogP contribution in [0.3, 0.4) is 0 Å². The summed E-state index contributed by atoms with van der Waals surface area (Å²) in [5.74, 6) is 1.61. The molecule has 3 heterocycles. The Kier molecular flexibility index (Phi) is 5.85. The number of amides is 1.